The van der Waals surface area contributed by atoms with Crippen LogP contribution in [-0.4, -0.2) is 25.3 Å². The number of hydrogen-bond donors (Lipinski definition) is 1. The average molecular weight is 243 g/mol. The van der Waals surface area contributed by atoms with Gasteiger partial charge in [0.1, 0.15) is 11.5 Å². The van der Waals surface area contributed by atoms with Gasteiger partial charge in [0.15, 0.2) is 0 Å². The van der Waals surface area contributed by atoms with Crippen molar-refractivity contribution in [2.75, 3.05) is 14.2 Å². The molecule has 0 aromatic heterocycles. The molecule has 4 nitrogen and oxygen atoms in total. The molecule has 1 aromatic carbocycles. The van der Waals surface area contributed by atoms with E-state index >= 15 is 0 Å². The molecule has 0 unspecified atom stereocenters. The molecule has 0 heterocycles. The zero-order chi connectivity index (χ0) is 12.1. The van der Waals surface area contributed by atoms with Crippen LogP contribution in [0.3, 0.4) is 0 Å². The van der Waals surface area contributed by atoms with E-state index < -0.39 is 5.97 Å². The minimum atomic E-state index is -1.04. The second-order valence-corrected chi connectivity index (χ2v) is 3.31. The molecule has 1 rings (SSSR count). The summed E-state index contributed by atoms with van der Waals surface area (Å²) in [5.74, 6) is -0.0863. The molecule has 0 fully saturated rings. The molecule has 0 amide bonds. The molecule has 0 aliphatic rings. The van der Waals surface area contributed by atoms with Crippen molar-refractivity contribution in [3.63, 3.8) is 0 Å². The maximum absolute atomic E-state index is 10.4. The van der Waals surface area contributed by atoms with Crippen LogP contribution < -0.4 is 9.47 Å². The van der Waals surface area contributed by atoms with Gasteiger partial charge in [-0.2, -0.15) is 0 Å². The number of carboxylic acid groups (broad SMARTS) is 1. The first kappa shape index (κ1) is 12.4. The normalized spacial score (nSPS) is 10.4. The van der Waals surface area contributed by atoms with Crippen LogP contribution in [-0.2, 0) is 4.79 Å². The van der Waals surface area contributed by atoms with Gasteiger partial charge in [-0.15, -0.1) is 0 Å². The fraction of sp³-hybridized carbons (Fsp3) is 0.182. The topological polar surface area (TPSA) is 55.8 Å². The third-order valence-corrected chi connectivity index (χ3v) is 2.17. The number of halogens is 1. The van der Waals surface area contributed by atoms with Gasteiger partial charge in [0.2, 0.25) is 0 Å². The second-order valence-electron chi connectivity index (χ2n) is 2.90. The van der Waals surface area contributed by atoms with E-state index in [9.17, 15) is 4.79 Å². The van der Waals surface area contributed by atoms with Crippen molar-refractivity contribution in [3.05, 3.63) is 28.8 Å². The number of aliphatic carboxylic acids is 1. The molecule has 0 bridgehead atoms. The Balaban J connectivity index is 3.22. The zero-order valence-electron chi connectivity index (χ0n) is 8.86. The van der Waals surface area contributed by atoms with E-state index in [1.807, 2.05) is 0 Å². The van der Waals surface area contributed by atoms with Crippen LogP contribution in [0.2, 0.25) is 5.02 Å². The molecule has 86 valence electrons. The van der Waals surface area contributed by atoms with E-state index in [0.717, 1.165) is 6.08 Å². The number of rotatable bonds is 4. The Hall–Kier alpha value is -1.68. The first-order valence-corrected chi connectivity index (χ1v) is 4.78. The predicted molar refractivity (Wildman–Crippen MR) is 61.2 cm³/mol. The number of ether oxygens (including phenoxy) is 2. The fourth-order valence-electron chi connectivity index (χ4n) is 1.21. The van der Waals surface area contributed by atoms with Gasteiger partial charge in [-0.3, -0.25) is 0 Å². The Bertz CT molecular complexity index is 426. The van der Waals surface area contributed by atoms with Crippen LogP contribution in [0.1, 0.15) is 5.56 Å². The largest absolute Gasteiger partial charge is 0.497 e. The summed E-state index contributed by atoms with van der Waals surface area (Å²) in [6.45, 7) is 0. The molecule has 0 atom stereocenters. The van der Waals surface area contributed by atoms with Gasteiger partial charge in [0.05, 0.1) is 19.2 Å². The van der Waals surface area contributed by atoms with Crippen molar-refractivity contribution in [2.24, 2.45) is 0 Å². The smallest absolute Gasteiger partial charge is 0.328 e. The highest BCUT2D eigenvalue weighted by molar-refractivity contribution is 6.32. The van der Waals surface area contributed by atoms with Crippen molar-refractivity contribution in [2.45, 2.75) is 0 Å². The molecule has 1 N–H and O–H groups in total. The lowest BCUT2D eigenvalue weighted by Crippen LogP contribution is -1.92. The summed E-state index contributed by atoms with van der Waals surface area (Å²) in [4.78, 5) is 10.4. The van der Waals surface area contributed by atoms with Crippen molar-refractivity contribution in [3.8, 4) is 11.5 Å². The van der Waals surface area contributed by atoms with Crippen molar-refractivity contribution >= 4 is 23.6 Å². The van der Waals surface area contributed by atoms with Gasteiger partial charge in [0, 0.05) is 17.7 Å². The third kappa shape index (κ3) is 2.90. The minimum Gasteiger partial charge on any atom is -0.497 e. The van der Waals surface area contributed by atoms with Crippen LogP contribution in [0.15, 0.2) is 18.2 Å². The Labute approximate surface area is 98.1 Å². The number of carbonyl (C=O) groups is 1. The van der Waals surface area contributed by atoms with Crippen LogP contribution in [0.25, 0.3) is 6.08 Å². The van der Waals surface area contributed by atoms with Gasteiger partial charge < -0.3 is 14.6 Å². The molecule has 0 aliphatic carbocycles. The monoisotopic (exact) mass is 242 g/mol. The molecule has 16 heavy (non-hydrogen) atoms. The van der Waals surface area contributed by atoms with Crippen molar-refractivity contribution in [1.82, 2.24) is 0 Å². The first-order valence-electron chi connectivity index (χ1n) is 4.41. The van der Waals surface area contributed by atoms with Crippen LogP contribution in [0.5, 0.6) is 11.5 Å². The number of hydrogen-bond acceptors (Lipinski definition) is 3. The van der Waals surface area contributed by atoms with Crippen molar-refractivity contribution in [1.29, 1.82) is 0 Å². The average Bonchev–Trinajstić information content (AvgIpc) is 2.25. The highest BCUT2D eigenvalue weighted by Crippen LogP contribution is 2.33. The Morgan fingerprint density at radius 3 is 2.56 bits per heavy atom. The van der Waals surface area contributed by atoms with E-state index in [1.165, 1.54) is 20.3 Å². The molecule has 0 spiro atoms. The van der Waals surface area contributed by atoms with Crippen molar-refractivity contribution < 1.29 is 19.4 Å². The fourth-order valence-corrected chi connectivity index (χ4v) is 1.50. The summed E-state index contributed by atoms with van der Waals surface area (Å²) in [5.41, 5.74) is 0.550. The van der Waals surface area contributed by atoms with E-state index in [0.29, 0.717) is 22.1 Å². The molecule has 0 saturated carbocycles. The zero-order valence-corrected chi connectivity index (χ0v) is 9.62. The minimum absolute atomic E-state index is 0.367. The molecule has 5 heteroatoms. The quantitative estimate of drug-likeness (QED) is 0.824. The number of carboxylic acids is 1. The maximum Gasteiger partial charge on any atom is 0.328 e. The van der Waals surface area contributed by atoms with Gasteiger partial charge in [-0.05, 0) is 12.1 Å². The Kier molecular flexibility index (Phi) is 4.19. The van der Waals surface area contributed by atoms with E-state index in [4.69, 9.17) is 26.2 Å². The summed E-state index contributed by atoms with van der Waals surface area (Å²) in [5, 5.41) is 8.91. The van der Waals surface area contributed by atoms with Gasteiger partial charge in [-0.25, -0.2) is 4.79 Å². The lowest BCUT2D eigenvalue weighted by Gasteiger charge is -2.09. The molecule has 0 saturated heterocycles. The van der Waals surface area contributed by atoms with Crippen LogP contribution in [0.4, 0.5) is 0 Å². The summed E-state index contributed by atoms with van der Waals surface area (Å²) >= 11 is 5.94. The third-order valence-electron chi connectivity index (χ3n) is 1.89. The van der Waals surface area contributed by atoms with Crippen LogP contribution in [0, 0.1) is 0 Å². The Morgan fingerprint density at radius 2 is 2.06 bits per heavy atom. The van der Waals surface area contributed by atoms with E-state index in [2.05, 4.69) is 0 Å². The SMILES string of the molecule is COc1cc(Cl)c(OC)c(/C=C/C(=O)O)c1. The summed E-state index contributed by atoms with van der Waals surface area (Å²) in [6, 6.07) is 3.24. The summed E-state index contributed by atoms with van der Waals surface area (Å²) in [7, 11) is 2.97. The van der Waals surface area contributed by atoms with Gasteiger partial charge >= 0.3 is 5.97 Å². The van der Waals surface area contributed by atoms with E-state index in [1.54, 1.807) is 12.1 Å². The van der Waals surface area contributed by atoms with Gasteiger partial charge in [0.25, 0.3) is 0 Å². The highest BCUT2D eigenvalue weighted by atomic mass is 35.5. The standard InChI is InChI=1S/C11H11ClO4/c1-15-8-5-7(3-4-10(13)14)11(16-2)9(12)6-8/h3-6H,1-2H3,(H,13,14)/b4-3+. The number of benzene rings is 1. The molecule has 1 aromatic rings. The lowest BCUT2D eigenvalue weighted by atomic mass is 10.1. The van der Waals surface area contributed by atoms with Crippen LogP contribution >= 0.6 is 11.6 Å². The predicted octanol–water partition coefficient (Wildman–Crippen LogP) is 2.46. The van der Waals surface area contributed by atoms with Gasteiger partial charge in [-0.1, -0.05) is 11.6 Å². The Morgan fingerprint density at radius 1 is 1.38 bits per heavy atom. The molecule has 0 radical (unpaired) electrons. The molecule has 0 aliphatic heterocycles. The lowest BCUT2D eigenvalue weighted by molar-refractivity contribution is -0.131. The molecular formula is C11H11ClO4. The van der Waals surface area contributed by atoms with E-state index in [-0.39, 0.29) is 0 Å². The highest BCUT2D eigenvalue weighted by Gasteiger charge is 2.08. The summed E-state index contributed by atoms with van der Waals surface area (Å²) in [6.07, 6.45) is 2.41. The maximum atomic E-state index is 10.4. The number of methoxy groups -OCH3 is 2. The summed E-state index contributed by atoms with van der Waals surface area (Å²) < 4.78 is 10.1. The second kappa shape index (κ2) is 5.42. The molecular weight excluding hydrogens is 232 g/mol. The first-order chi connectivity index (χ1) is 7.58.